The molecule has 0 aromatic carbocycles. The zero-order chi connectivity index (χ0) is 10.5. The van der Waals surface area contributed by atoms with Crippen LogP contribution >= 0.6 is 0 Å². The Hall–Kier alpha value is -0.120. The maximum Gasteiger partial charge on any atom is 0.0824 e. The zero-order valence-corrected chi connectivity index (χ0v) is 9.33. The molecular weight excluding hydrogens is 168 g/mol. The Balaban J connectivity index is 3.67. The minimum atomic E-state index is -0.764. The van der Waals surface area contributed by atoms with Gasteiger partial charge in [-0.05, 0) is 34.6 Å². The fourth-order valence-corrected chi connectivity index (χ4v) is 0.869. The molecule has 0 fully saturated rings. The van der Waals surface area contributed by atoms with Gasteiger partial charge in [-0.3, -0.25) is 0 Å². The average Bonchev–Trinajstić information content (AvgIpc) is 1.99. The summed E-state index contributed by atoms with van der Waals surface area (Å²) < 4.78 is 10.8. The van der Waals surface area contributed by atoms with Crippen molar-refractivity contribution in [3.63, 3.8) is 0 Å². The van der Waals surface area contributed by atoms with E-state index >= 15 is 0 Å². The van der Waals surface area contributed by atoms with E-state index in [-0.39, 0.29) is 12.2 Å². The quantitative estimate of drug-likeness (QED) is 0.691. The summed E-state index contributed by atoms with van der Waals surface area (Å²) in [6, 6.07) is 0. The second kappa shape index (κ2) is 5.58. The van der Waals surface area contributed by atoms with Crippen LogP contribution < -0.4 is 0 Å². The molecule has 3 nitrogen and oxygen atoms in total. The van der Waals surface area contributed by atoms with Crippen molar-refractivity contribution in [3.8, 4) is 0 Å². The van der Waals surface area contributed by atoms with Gasteiger partial charge in [-0.2, -0.15) is 0 Å². The van der Waals surface area contributed by atoms with Crippen LogP contribution in [0.4, 0.5) is 0 Å². The van der Waals surface area contributed by atoms with Gasteiger partial charge in [0.1, 0.15) is 0 Å². The van der Waals surface area contributed by atoms with E-state index in [1.165, 1.54) is 0 Å². The van der Waals surface area contributed by atoms with E-state index < -0.39 is 5.60 Å². The molecule has 0 amide bonds. The summed E-state index contributed by atoms with van der Waals surface area (Å²) in [4.78, 5) is 0. The van der Waals surface area contributed by atoms with Gasteiger partial charge in [0.25, 0.3) is 0 Å². The summed E-state index contributed by atoms with van der Waals surface area (Å²) in [5.74, 6) is 0. The molecule has 2 unspecified atom stereocenters. The Kier molecular flexibility index (Phi) is 5.53. The number of rotatable bonds is 6. The molecule has 0 saturated carbocycles. The standard InChI is InChI=1S/C10H22O3/c1-6-12-8(2)9(3)13-7-10(4,5)11/h8-9,11H,6-7H2,1-5H3. The second-order valence-electron chi connectivity index (χ2n) is 3.99. The predicted molar refractivity (Wildman–Crippen MR) is 52.8 cm³/mol. The molecule has 0 rings (SSSR count). The molecule has 0 radical (unpaired) electrons. The van der Waals surface area contributed by atoms with Gasteiger partial charge in [-0.25, -0.2) is 0 Å². The lowest BCUT2D eigenvalue weighted by Gasteiger charge is -2.24. The number of ether oxygens (including phenoxy) is 2. The van der Waals surface area contributed by atoms with Gasteiger partial charge in [-0.15, -0.1) is 0 Å². The fraction of sp³-hybridized carbons (Fsp3) is 1.00. The largest absolute Gasteiger partial charge is 0.388 e. The topological polar surface area (TPSA) is 38.7 Å². The zero-order valence-electron chi connectivity index (χ0n) is 9.33. The summed E-state index contributed by atoms with van der Waals surface area (Å²) in [6.45, 7) is 10.4. The van der Waals surface area contributed by atoms with Gasteiger partial charge in [0.15, 0.2) is 0 Å². The normalized spacial score (nSPS) is 17.1. The molecule has 0 aliphatic rings. The fourth-order valence-electron chi connectivity index (χ4n) is 0.869. The molecule has 0 aliphatic heterocycles. The minimum Gasteiger partial charge on any atom is -0.388 e. The van der Waals surface area contributed by atoms with Gasteiger partial charge in [0, 0.05) is 6.61 Å². The summed E-state index contributed by atoms with van der Waals surface area (Å²) in [7, 11) is 0. The van der Waals surface area contributed by atoms with Gasteiger partial charge in [-0.1, -0.05) is 0 Å². The second-order valence-corrected chi connectivity index (χ2v) is 3.99. The van der Waals surface area contributed by atoms with Gasteiger partial charge in [0.2, 0.25) is 0 Å². The van der Waals surface area contributed by atoms with Crippen molar-refractivity contribution in [1.29, 1.82) is 0 Å². The molecule has 80 valence electrons. The Morgan fingerprint density at radius 1 is 1.15 bits per heavy atom. The van der Waals surface area contributed by atoms with Crippen LogP contribution in [0.25, 0.3) is 0 Å². The summed E-state index contributed by atoms with van der Waals surface area (Å²) in [5.41, 5.74) is -0.764. The Morgan fingerprint density at radius 2 is 1.62 bits per heavy atom. The van der Waals surface area contributed by atoms with Crippen LogP contribution in [-0.2, 0) is 9.47 Å². The van der Waals surface area contributed by atoms with Crippen molar-refractivity contribution in [1.82, 2.24) is 0 Å². The molecule has 0 aromatic heterocycles. The van der Waals surface area contributed by atoms with E-state index in [9.17, 15) is 5.11 Å². The molecule has 0 bridgehead atoms. The van der Waals surface area contributed by atoms with Gasteiger partial charge < -0.3 is 14.6 Å². The smallest absolute Gasteiger partial charge is 0.0824 e. The first kappa shape index (κ1) is 12.9. The van der Waals surface area contributed by atoms with E-state index in [1.54, 1.807) is 13.8 Å². The highest BCUT2D eigenvalue weighted by atomic mass is 16.5. The van der Waals surface area contributed by atoms with Crippen LogP contribution in [0.2, 0.25) is 0 Å². The number of hydrogen-bond acceptors (Lipinski definition) is 3. The Labute approximate surface area is 81.0 Å². The van der Waals surface area contributed by atoms with Crippen molar-refractivity contribution in [2.75, 3.05) is 13.2 Å². The van der Waals surface area contributed by atoms with E-state index in [2.05, 4.69) is 0 Å². The molecule has 0 heterocycles. The highest BCUT2D eigenvalue weighted by Gasteiger charge is 2.18. The van der Waals surface area contributed by atoms with Crippen molar-refractivity contribution in [3.05, 3.63) is 0 Å². The van der Waals surface area contributed by atoms with Crippen molar-refractivity contribution >= 4 is 0 Å². The third-order valence-corrected chi connectivity index (χ3v) is 1.79. The molecular formula is C10H22O3. The van der Waals surface area contributed by atoms with Crippen molar-refractivity contribution < 1.29 is 14.6 Å². The lowest BCUT2D eigenvalue weighted by Crippen LogP contribution is -2.33. The van der Waals surface area contributed by atoms with E-state index in [4.69, 9.17) is 9.47 Å². The highest BCUT2D eigenvalue weighted by molar-refractivity contribution is 4.67. The molecule has 0 aliphatic carbocycles. The molecule has 0 aromatic rings. The Morgan fingerprint density at radius 3 is 2.00 bits per heavy atom. The lowest BCUT2D eigenvalue weighted by molar-refractivity contribution is -0.0962. The summed E-state index contributed by atoms with van der Waals surface area (Å²) >= 11 is 0. The highest BCUT2D eigenvalue weighted by Crippen LogP contribution is 2.08. The first-order valence-corrected chi connectivity index (χ1v) is 4.82. The van der Waals surface area contributed by atoms with Crippen LogP contribution in [0.1, 0.15) is 34.6 Å². The molecule has 2 atom stereocenters. The summed E-state index contributed by atoms with van der Waals surface area (Å²) in [6.07, 6.45) is 0.0960. The Bertz CT molecular complexity index is 129. The van der Waals surface area contributed by atoms with Crippen LogP contribution in [0.5, 0.6) is 0 Å². The molecule has 13 heavy (non-hydrogen) atoms. The molecule has 1 N–H and O–H groups in total. The first-order valence-electron chi connectivity index (χ1n) is 4.82. The minimum absolute atomic E-state index is 0.0198. The van der Waals surface area contributed by atoms with Gasteiger partial charge in [0.05, 0.1) is 24.4 Å². The number of hydrogen-bond donors (Lipinski definition) is 1. The maximum absolute atomic E-state index is 9.41. The van der Waals surface area contributed by atoms with Crippen LogP contribution in [0.3, 0.4) is 0 Å². The SMILES string of the molecule is CCOC(C)C(C)OCC(C)(C)O. The molecule has 0 spiro atoms. The van der Waals surface area contributed by atoms with E-state index in [1.807, 2.05) is 20.8 Å². The van der Waals surface area contributed by atoms with Crippen molar-refractivity contribution in [2.24, 2.45) is 0 Å². The van der Waals surface area contributed by atoms with E-state index in [0.717, 1.165) is 0 Å². The molecule has 0 saturated heterocycles. The predicted octanol–water partition coefficient (Wildman–Crippen LogP) is 1.59. The number of aliphatic hydroxyl groups is 1. The van der Waals surface area contributed by atoms with Crippen LogP contribution in [0.15, 0.2) is 0 Å². The van der Waals surface area contributed by atoms with Gasteiger partial charge >= 0.3 is 0 Å². The van der Waals surface area contributed by atoms with E-state index in [0.29, 0.717) is 13.2 Å². The summed E-state index contributed by atoms with van der Waals surface area (Å²) in [5, 5.41) is 9.41. The average molecular weight is 190 g/mol. The third-order valence-electron chi connectivity index (χ3n) is 1.79. The first-order chi connectivity index (χ1) is 5.87. The third kappa shape index (κ3) is 6.99. The molecule has 3 heteroatoms. The maximum atomic E-state index is 9.41. The van der Waals surface area contributed by atoms with Crippen LogP contribution in [0, 0.1) is 0 Å². The lowest BCUT2D eigenvalue weighted by atomic mass is 10.1. The van der Waals surface area contributed by atoms with Crippen molar-refractivity contribution in [2.45, 2.75) is 52.4 Å². The monoisotopic (exact) mass is 190 g/mol. The van der Waals surface area contributed by atoms with Crippen LogP contribution in [-0.4, -0.2) is 36.1 Å².